The van der Waals surface area contributed by atoms with Gasteiger partial charge in [0.1, 0.15) is 10.8 Å². The lowest BCUT2D eigenvalue weighted by atomic mass is 10.0. The minimum atomic E-state index is -0.640. The number of carbonyl (C=O) groups is 2. The number of methoxy groups -OCH3 is 1. The van der Waals surface area contributed by atoms with E-state index in [9.17, 15) is 9.59 Å². The second-order valence-corrected chi connectivity index (χ2v) is 8.07. The number of carbonyl (C=O) groups excluding carboxylic acids is 2. The van der Waals surface area contributed by atoms with E-state index in [-0.39, 0.29) is 5.69 Å². The Labute approximate surface area is 195 Å². The third-order valence-corrected chi connectivity index (χ3v) is 5.80. The van der Waals surface area contributed by atoms with Crippen LogP contribution in [-0.2, 0) is 16.0 Å². The van der Waals surface area contributed by atoms with E-state index in [0.29, 0.717) is 17.1 Å². The second kappa shape index (κ2) is 10.6. The van der Waals surface area contributed by atoms with Crippen molar-refractivity contribution < 1.29 is 19.1 Å². The van der Waals surface area contributed by atoms with Gasteiger partial charge in [-0.3, -0.25) is 4.79 Å². The molecule has 4 rings (SSSR count). The molecule has 1 N–H and O–H groups in total. The number of rotatable bonds is 8. The summed E-state index contributed by atoms with van der Waals surface area (Å²) in [7, 11) is 1.60. The molecule has 0 radical (unpaired) electrons. The number of hydrogen-bond acceptors (Lipinski definition) is 6. The van der Waals surface area contributed by atoms with Gasteiger partial charge in [-0.1, -0.05) is 48.5 Å². The van der Waals surface area contributed by atoms with Crippen LogP contribution < -0.4 is 10.1 Å². The standard InChI is InChI=1S/C26H22N2O4S/c1-31-21-13-11-19(12-14-21)25-28-23(17-33-25)26(30)32-16-24(29)27-22-10-6-5-9-20(22)15-18-7-3-2-4-8-18/h2-14,17H,15-16H2,1H3,(H,27,29). The van der Waals surface area contributed by atoms with E-state index in [1.807, 2.05) is 78.9 Å². The van der Waals surface area contributed by atoms with Gasteiger partial charge in [0.2, 0.25) is 0 Å². The Morgan fingerprint density at radius 1 is 0.939 bits per heavy atom. The van der Waals surface area contributed by atoms with E-state index < -0.39 is 18.5 Å². The molecule has 7 heteroatoms. The molecule has 1 amide bonds. The predicted molar refractivity (Wildman–Crippen MR) is 129 cm³/mol. The summed E-state index contributed by atoms with van der Waals surface area (Å²) in [6.07, 6.45) is 0.685. The number of nitrogens with one attached hydrogen (secondary N) is 1. The number of ether oxygens (including phenoxy) is 2. The zero-order valence-corrected chi connectivity index (χ0v) is 18.8. The van der Waals surface area contributed by atoms with Gasteiger partial charge in [-0.2, -0.15) is 0 Å². The maximum Gasteiger partial charge on any atom is 0.358 e. The minimum Gasteiger partial charge on any atom is -0.497 e. The lowest BCUT2D eigenvalue weighted by Gasteiger charge is -2.11. The van der Waals surface area contributed by atoms with Gasteiger partial charge in [0.05, 0.1) is 7.11 Å². The van der Waals surface area contributed by atoms with Crippen LogP contribution in [0.1, 0.15) is 21.6 Å². The van der Waals surface area contributed by atoms with E-state index in [4.69, 9.17) is 9.47 Å². The smallest absolute Gasteiger partial charge is 0.358 e. The monoisotopic (exact) mass is 458 g/mol. The van der Waals surface area contributed by atoms with Crippen LogP contribution in [-0.4, -0.2) is 30.6 Å². The van der Waals surface area contributed by atoms with Crippen molar-refractivity contribution in [1.29, 1.82) is 0 Å². The molecule has 166 valence electrons. The first kappa shape index (κ1) is 22.2. The number of hydrogen-bond donors (Lipinski definition) is 1. The van der Waals surface area contributed by atoms with Gasteiger partial charge in [0, 0.05) is 16.6 Å². The molecule has 1 aromatic heterocycles. The van der Waals surface area contributed by atoms with Crippen molar-refractivity contribution in [2.24, 2.45) is 0 Å². The first-order chi connectivity index (χ1) is 16.1. The van der Waals surface area contributed by atoms with Gasteiger partial charge in [0.25, 0.3) is 5.91 Å². The first-order valence-electron chi connectivity index (χ1n) is 10.3. The number of thiazole rings is 1. The van der Waals surface area contributed by atoms with Gasteiger partial charge in [-0.05, 0) is 47.9 Å². The van der Waals surface area contributed by atoms with Gasteiger partial charge >= 0.3 is 5.97 Å². The summed E-state index contributed by atoms with van der Waals surface area (Å²) in [4.78, 5) is 29.1. The van der Waals surface area contributed by atoms with Crippen LogP contribution in [0.4, 0.5) is 5.69 Å². The van der Waals surface area contributed by atoms with Crippen LogP contribution in [0.5, 0.6) is 5.75 Å². The number of para-hydroxylation sites is 1. The fraction of sp³-hybridized carbons (Fsp3) is 0.115. The zero-order chi connectivity index (χ0) is 23.0. The molecule has 1 heterocycles. The van der Waals surface area contributed by atoms with Gasteiger partial charge in [-0.15, -0.1) is 11.3 Å². The van der Waals surface area contributed by atoms with Crippen molar-refractivity contribution in [2.75, 3.05) is 19.0 Å². The highest BCUT2D eigenvalue weighted by Crippen LogP contribution is 2.26. The summed E-state index contributed by atoms with van der Waals surface area (Å²) in [6.45, 7) is -0.395. The van der Waals surface area contributed by atoms with E-state index >= 15 is 0 Å². The molecule has 0 fully saturated rings. The number of esters is 1. The zero-order valence-electron chi connectivity index (χ0n) is 18.0. The summed E-state index contributed by atoms with van der Waals surface area (Å²) >= 11 is 1.33. The molecule has 0 aliphatic heterocycles. The molecule has 0 aliphatic carbocycles. The molecule has 0 saturated carbocycles. The molecule has 4 aromatic rings. The topological polar surface area (TPSA) is 77.5 Å². The Balaban J connectivity index is 1.34. The Kier molecular flexibility index (Phi) is 7.12. The Morgan fingerprint density at radius 3 is 2.42 bits per heavy atom. The fourth-order valence-electron chi connectivity index (χ4n) is 3.24. The molecular formula is C26H22N2O4S. The van der Waals surface area contributed by atoms with Crippen LogP contribution in [0.15, 0.2) is 84.2 Å². The number of aromatic nitrogens is 1. The molecule has 0 aliphatic rings. The number of amides is 1. The van der Waals surface area contributed by atoms with Crippen molar-refractivity contribution in [2.45, 2.75) is 6.42 Å². The Hall–Kier alpha value is -3.97. The van der Waals surface area contributed by atoms with Gasteiger partial charge in [0.15, 0.2) is 12.3 Å². The largest absolute Gasteiger partial charge is 0.497 e. The van der Waals surface area contributed by atoms with Crippen molar-refractivity contribution in [3.63, 3.8) is 0 Å². The molecule has 0 saturated heterocycles. The van der Waals surface area contributed by atoms with Crippen LogP contribution >= 0.6 is 11.3 Å². The van der Waals surface area contributed by atoms with Crippen molar-refractivity contribution in [3.8, 4) is 16.3 Å². The molecular weight excluding hydrogens is 436 g/mol. The average molecular weight is 459 g/mol. The molecule has 33 heavy (non-hydrogen) atoms. The summed E-state index contributed by atoms with van der Waals surface area (Å²) in [5.41, 5.74) is 3.85. The molecule has 0 bridgehead atoms. The molecule has 0 unspecified atom stereocenters. The third kappa shape index (κ3) is 5.84. The van der Waals surface area contributed by atoms with Crippen LogP contribution in [0.2, 0.25) is 0 Å². The molecule has 0 spiro atoms. The summed E-state index contributed by atoms with van der Waals surface area (Å²) in [6, 6.07) is 25.0. The number of benzene rings is 3. The normalized spacial score (nSPS) is 10.5. The lowest BCUT2D eigenvalue weighted by Crippen LogP contribution is -2.21. The Morgan fingerprint density at radius 2 is 1.67 bits per heavy atom. The molecule has 0 atom stereocenters. The van der Waals surface area contributed by atoms with Crippen LogP contribution in [0, 0.1) is 0 Å². The number of nitrogens with zero attached hydrogens (tertiary/aromatic N) is 1. The highest BCUT2D eigenvalue weighted by atomic mass is 32.1. The van der Waals surface area contributed by atoms with Crippen LogP contribution in [0.25, 0.3) is 10.6 Å². The first-order valence-corrected chi connectivity index (χ1v) is 11.2. The average Bonchev–Trinajstić information content (AvgIpc) is 3.35. The SMILES string of the molecule is COc1ccc(-c2nc(C(=O)OCC(=O)Nc3ccccc3Cc3ccccc3)cs2)cc1. The predicted octanol–water partition coefficient (Wildman–Crippen LogP) is 5.21. The Bertz CT molecular complexity index is 1240. The summed E-state index contributed by atoms with van der Waals surface area (Å²) < 4.78 is 10.3. The molecule has 3 aromatic carbocycles. The minimum absolute atomic E-state index is 0.170. The van der Waals surface area contributed by atoms with E-state index in [1.165, 1.54) is 11.3 Å². The van der Waals surface area contributed by atoms with Crippen LogP contribution in [0.3, 0.4) is 0 Å². The summed E-state index contributed by atoms with van der Waals surface area (Å²) in [5.74, 6) is -0.306. The quantitative estimate of drug-likeness (QED) is 0.367. The van der Waals surface area contributed by atoms with Crippen molar-refractivity contribution >= 4 is 28.9 Å². The second-order valence-electron chi connectivity index (χ2n) is 7.21. The fourth-order valence-corrected chi connectivity index (χ4v) is 4.03. The van der Waals surface area contributed by atoms with Crippen molar-refractivity contribution in [3.05, 3.63) is 101 Å². The highest BCUT2D eigenvalue weighted by Gasteiger charge is 2.16. The number of anilines is 1. The van der Waals surface area contributed by atoms with E-state index in [1.54, 1.807) is 12.5 Å². The van der Waals surface area contributed by atoms with Gasteiger partial charge < -0.3 is 14.8 Å². The highest BCUT2D eigenvalue weighted by molar-refractivity contribution is 7.13. The van der Waals surface area contributed by atoms with Crippen molar-refractivity contribution in [1.82, 2.24) is 4.98 Å². The molecule has 6 nitrogen and oxygen atoms in total. The van der Waals surface area contributed by atoms with E-state index in [2.05, 4.69) is 10.3 Å². The lowest BCUT2D eigenvalue weighted by molar-refractivity contribution is -0.119. The van der Waals surface area contributed by atoms with E-state index in [0.717, 1.165) is 22.4 Å². The van der Waals surface area contributed by atoms with Gasteiger partial charge in [-0.25, -0.2) is 9.78 Å². The summed E-state index contributed by atoms with van der Waals surface area (Å²) in [5, 5.41) is 5.14. The maximum absolute atomic E-state index is 12.4. The maximum atomic E-state index is 12.4. The third-order valence-electron chi connectivity index (χ3n) is 4.91.